The number of carbonyl (C=O) groups excluding carboxylic acids is 3. The first kappa shape index (κ1) is 27.6. The molecule has 3 amide bonds. The second-order valence-corrected chi connectivity index (χ2v) is 8.94. The number of aliphatic hydroxyl groups excluding tert-OH is 1. The Hall–Kier alpha value is -3.97. The van der Waals surface area contributed by atoms with E-state index in [1.807, 2.05) is 24.3 Å². The molecule has 1 saturated heterocycles. The number of amides is 3. The van der Waals surface area contributed by atoms with Gasteiger partial charge in [0.25, 0.3) is 0 Å². The third-order valence-electron chi connectivity index (χ3n) is 6.36. The number of aliphatic hydroxyl groups is 1. The summed E-state index contributed by atoms with van der Waals surface area (Å²) >= 11 is 0. The summed E-state index contributed by atoms with van der Waals surface area (Å²) in [6.45, 7) is -0.589. The summed E-state index contributed by atoms with van der Waals surface area (Å²) in [5.74, 6) is -4.54. The number of likely N-dealkylation sites (tertiary alicyclic amines) is 1. The summed E-state index contributed by atoms with van der Waals surface area (Å²) in [5.41, 5.74) is 7.21. The van der Waals surface area contributed by atoms with Crippen molar-refractivity contribution < 1.29 is 39.3 Å². The van der Waals surface area contributed by atoms with E-state index in [-0.39, 0.29) is 32.2 Å². The fourth-order valence-corrected chi connectivity index (χ4v) is 4.37. The van der Waals surface area contributed by atoms with E-state index in [9.17, 15) is 34.2 Å². The molecule has 1 aliphatic rings. The van der Waals surface area contributed by atoms with Crippen molar-refractivity contribution in [1.29, 1.82) is 0 Å². The zero-order chi connectivity index (χ0) is 27.1. The number of hydrogen-bond acceptors (Lipinski definition) is 7. The number of carboxylic acids is 2. The van der Waals surface area contributed by atoms with Gasteiger partial charge in [-0.25, -0.2) is 4.79 Å². The second kappa shape index (κ2) is 12.3. The zero-order valence-electron chi connectivity index (χ0n) is 20.1. The Balaban J connectivity index is 1.65. The van der Waals surface area contributed by atoms with Gasteiger partial charge >= 0.3 is 11.9 Å². The van der Waals surface area contributed by atoms with Crippen molar-refractivity contribution in [2.75, 3.05) is 13.2 Å². The molecular weight excluding hydrogens is 486 g/mol. The maximum atomic E-state index is 13.1. The summed E-state index contributed by atoms with van der Waals surface area (Å²) < 4.78 is 0. The average Bonchev–Trinajstić information content (AvgIpc) is 3.52. The summed E-state index contributed by atoms with van der Waals surface area (Å²) in [5, 5.41) is 33.8. The number of aliphatic carboxylic acids is 2. The van der Waals surface area contributed by atoms with Crippen LogP contribution in [0.15, 0.2) is 30.5 Å². The highest BCUT2D eigenvalue weighted by atomic mass is 16.4. The molecule has 1 aliphatic heterocycles. The number of fused-ring (bicyclic) bond motifs is 1. The lowest BCUT2D eigenvalue weighted by Crippen LogP contribution is -2.58. The molecular formula is C24H31N5O8. The summed E-state index contributed by atoms with van der Waals surface area (Å²) in [6, 6.07) is 2.55. The van der Waals surface area contributed by atoms with E-state index in [2.05, 4.69) is 15.6 Å². The monoisotopic (exact) mass is 517 g/mol. The number of nitrogens with one attached hydrogen (secondary N) is 3. The first-order valence-electron chi connectivity index (χ1n) is 11.9. The molecule has 0 aliphatic carbocycles. The Kier molecular flexibility index (Phi) is 9.20. The number of H-pyrrole nitrogens is 1. The van der Waals surface area contributed by atoms with Gasteiger partial charge in [-0.3, -0.25) is 19.2 Å². The number of carbonyl (C=O) groups is 5. The predicted molar refractivity (Wildman–Crippen MR) is 130 cm³/mol. The molecule has 1 aromatic heterocycles. The fraction of sp³-hybridized carbons (Fsp3) is 0.458. The smallest absolute Gasteiger partial charge is 0.326 e. The lowest BCUT2D eigenvalue weighted by atomic mass is 10.0. The van der Waals surface area contributed by atoms with Crippen LogP contribution in [0.2, 0.25) is 0 Å². The second-order valence-electron chi connectivity index (χ2n) is 8.94. The molecule has 13 nitrogen and oxygen atoms in total. The van der Waals surface area contributed by atoms with Gasteiger partial charge in [-0.05, 0) is 30.9 Å². The van der Waals surface area contributed by atoms with Gasteiger partial charge in [-0.15, -0.1) is 0 Å². The third kappa shape index (κ3) is 6.83. The Morgan fingerprint density at radius 1 is 1.11 bits per heavy atom. The number of benzene rings is 1. The number of carboxylic acid groups (broad SMARTS) is 2. The molecule has 0 saturated carbocycles. The summed E-state index contributed by atoms with van der Waals surface area (Å²) in [4.78, 5) is 65.3. The zero-order valence-corrected chi connectivity index (χ0v) is 20.1. The molecule has 1 aromatic carbocycles. The number of para-hydroxylation sites is 1. The van der Waals surface area contributed by atoms with Gasteiger partial charge < -0.3 is 41.6 Å². The molecule has 37 heavy (non-hydrogen) atoms. The largest absolute Gasteiger partial charge is 0.481 e. The molecule has 200 valence electrons. The minimum Gasteiger partial charge on any atom is -0.481 e. The highest BCUT2D eigenvalue weighted by Gasteiger charge is 2.39. The van der Waals surface area contributed by atoms with E-state index in [1.54, 1.807) is 6.20 Å². The quantitative estimate of drug-likeness (QED) is 0.182. The Morgan fingerprint density at radius 2 is 1.84 bits per heavy atom. The van der Waals surface area contributed by atoms with Crippen molar-refractivity contribution in [2.45, 2.75) is 56.3 Å². The summed E-state index contributed by atoms with van der Waals surface area (Å²) in [7, 11) is 0. The molecule has 0 radical (unpaired) electrons. The number of aromatic nitrogens is 1. The van der Waals surface area contributed by atoms with Gasteiger partial charge in [0.15, 0.2) is 0 Å². The van der Waals surface area contributed by atoms with Gasteiger partial charge in [-0.1, -0.05) is 18.2 Å². The van der Waals surface area contributed by atoms with E-state index in [0.29, 0.717) is 12.0 Å². The highest BCUT2D eigenvalue weighted by molar-refractivity contribution is 5.95. The van der Waals surface area contributed by atoms with Crippen LogP contribution >= 0.6 is 0 Å². The van der Waals surface area contributed by atoms with E-state index in [0.717, 1.165) is 10.9 Å². The van der Waals surface area contributed by atoms with Crippen molar-refractivity contribution in [3.63, 3.8) is 0 Å². The first-order chi connectivity index (χ1) is 17.6. The number of hydrogen-bond donors (Lipinski definition) is 7. The van der Waals surface area contributed by atoms with Gasteiger partial charge in [0.1, 0.15) is 18.1 Å². The maximum absolute atomic E-state index is 13.1. The topological polar surface area (TPSA) is 215 Å². The molecule has 2 heterocycles. The molecule has 3 rings (SSSR count). The molecule has 0 bridgehead atoms. The van der Waals surface area contributed by atoms with E-state index < -0.39 is 60.4 Å². The van der Waals surface area contributed by atoms with Crippen LogP contribution in [0.3, 0.4) is 0 Å². The predicted octanol–water partition coefficient (Wildman–Crippen LogP) is -1.06. The first-order valence-corrected chi connectivity index (χ1v) is 11.9. The van der Waals surface area contributed by atoms with Crippen LogP contribution < -0.4 is 16.4 Å². The number of nitrogens with two attached hydrogens (primary N) is 1. The van der Waals surface area contributed by atoms with Gasteiger partial charge in [0, 0.05) is 36.5 Å². The maximum Gasteiger partial charge on any atom is 0.326 e. The van der Waals surface area contributed by atoms with Crippen molar-refractivity contribution in [2.24, 2.45) is 5.73 Å². The standard InChI is InChI=1S/C24H31N5O8/c25-15(7-8-20(31)32)21(33)28-18(12-30)23(35)29-9-3-6-19(29)22(34)27-17(24(36)37)10-13-11-26-16-5-2-1-4-14(13)16/h1-2,4-5,11,15,17-19,26,30H,3,6-10,12,25H2,(H,27,34)(H,28,33)(H,31,32)(H,36,37). The van der Waals surface area contributed by atoms with Crippen molar-refractivity contribution in [3.05, 3.63) is 36.0 Å². The van der Waals surface area contributed by atoms with E-state index in [1.165, 1.54) is 4.90 Å². The normalized spacial score (nSPS) is 17.7. The van der Waals surface area contributed by atoms with Crippen LogP contribution in [0, 0.1) is 0 Å². The Morgan fingerprint density at radius 3 is 2.51 bits per heavy atom. The minimum atomic E-state index is -1.39. The van der Waals surface area contributed by atoms with Crippen LogP contribution in [0.5, 0.6) is 0 Å². The fourth-order valence-electron chi connectivity index (χ4n) is 4.37. The Labute approximate surface area is 212 Å². The molecule has 0 spiro atoms. The highest BCUT2D eigenvalue weighted by Crippen LogP contribution is 2.21. The molecule has 13 heteroatoms. The van der Waals surface area contributed by atoms with Crippen LogP contribution in [-0.2, 0) is 30.4 Å². The summed E-state index contributed by atoms with van der Waals surface area (Å²) in [6.07, 6.45) is 1.96. The van der Waals surface area contributed by atoms with Crippen LogP contribution in [0.1, 0.15) is 31.2 Å². The molecule has 4 unspecified atom stereocenters. The van der Waals surface area contributed by atoms with Gasteiger partial charge in [-0.2, -0.15) is 0 Å². The molecule has 2 aromatic rings. The molecule has 8 N–H and O–H groups in total. The van der Waals surface area contributed by atoms with Crippen molar-refractivity contribution in [1.82, 2.24) is 20.5 Å². The number of rotatable bonds is 12. The Bertz CT molecular complexity index is 1160. The average molecular weight is 518 g/mol. The van der Waals surface area contributed by atoms with Crippen molar-refractivity contribution >= 4 is 40.6 Å². The van der Waals surface area contributed by atoms with Gasteiger partial charge in [0.05, 0.1) is 12.6 Å². The number of aromatic amines is 1. The van der Waals surface area contributed by atoms with E-state index >= 15 is 0 Å². The van der Waals surface area contributed by atoms with Gasteiger partial charge in [0.2, 0.25) is 17.7 Å². The third-order valence-corrected chi connectivity index (χ3v) is 6.36. The van der Waals surface area contributed by atoms with E-state index in [4.69, 9.17) is 10.8 Å². The lowest BCUT2D eigenvalue weighted by molar-refractivity contribution is -0.145. The van der Waals surface area contributed by atoms with Crippen LogP contribution in [0.4, 0.5) is 0 Å². The minimum absolute atomic E-state index is 0.0231. The molecule has 4 atom stereocenters. The number of nitrogens with zero attached hydrogens (tertiary/aromatic N) is 1. The van der Waals surface area contributed by atoms with Crippen molar-refractivity contribution in [3.8, 4) is 0 Å². The SMILES string of the molecule is NC(CCC(=O)O)C(=O)NC(CO)C(=O)N1CCCC1C(=O)NC(Cc1c[nH]c2ccccc12)C(=O)O. The van der Waals surface area contributed by atoms with Crippen LogP contribution in [-0.4, -0.2) is 92.2 Å². The lowest BCUT2D eigenvalue weighted by Gasteiger charge is -2.29. The van der Waals surface area contributed by atoms with Crippen LogP contribution in [0.25, 0.3) is 10.9 Å². The molecule has 1 fully saturated rings.